The van der Waals surface area contributed by atoms with Crippen LogP contribution in [0.5, 0.6) is 11.5 Å². The van der Waals surface area contributed by atoms with Crippen LogP contribution in [0.4, 0.5) is 8.78 Å². The Balaban J connectivity index is 1.52. The Labute approximate surface area is 161 Å². The largest absolute Gasteiger partial charge is 0.494 e. The second-order valence-corrected chi connectivity index (χ2v) is 7.06. The smallest absolute Gasteiger partial charge is 0.165 e. The predicted molar refractivity (Wildman–Crippen MR) is 101 cm³/mol. The van der Waals surface area contributed by atoms with Gasteiger partial charge in [-0.25, -0.2) is 13.8 Å². The van der Waals surface area contributed by atoms with Crippen molar-refractivity contribution in [3.05, 3.63) is 75.7 Å². The second-order valence-electron chi connectivity index (χ2n) is 6.12. The van der Waals surface area contributed by atoms with Crippen LogP contribution in [0.25, 0.3) is 0 Å². The molecule has 0 radical (unpaired) electrons. The minimum atomic E-state index is -0.364. The summed E-state index contributed by atoms with van der Waals surface area (Å²) in [5.41, 5.74) is 1.79. The first-order valence-electron chi connectivity index (χ1n) is 8.36. The van der Waals surface area contributed by atoms with Crippen molar-refractivity contribution < 1.29 is 18.3 Å². The number of halogens is 2. The normalized spacial score (nSPS) is 11.0. The van der Waals surface area contributed by atoms with Crippen molar-refractivity contribution >= 4 is 11.3 Å². The first-order chi connectivity index (χ1) is 13.0. The fourth-order valence-electron chi connectivity index (χ4n) is 2.62. The zero-order valence-electron chi connectivity index (χ0n) is 15.1. The van der Waals surface area contributed by atoms with Crippen molar-refractivity contribution in [1.82, 2.24) is 9.88 Å². The molecule has 0 bridgehead atoms. The van der Waals surface area contributed by atoms with E-state index in [1.54, 1.807) is 18.2 Å². The Morgan fingerprint density at radius 1 is 1.07 bits per heavy atom. The Bertz CT molecular complexity index is 884. The fourth-order valence-corrected chi connectivity index (χ4v) is 3.31. The Morgan fingerprint density at radius 3 is 2.56 bits per heavy atom. The molecule has 4 nitrogen and oxygen atoms in total. The van der Waals surface area contributed by atoms with E-state index in [9.17, 15) is 8.78 Å². The second kappa shape index (κ2) is 8.92. The summed E-state index contributed by atoms with van der Waals surface area (Å²) in [6, 6.07) is 10.9. The lowest BCUT2D eigenvalue weighted by molar-refractivity contribution is 0.300. The van der Waals surface area contributed by atoms with Gasteiger partial charge in [0.1, 0.15) is 23.2 Å². The highest BCUT2D eigenvalue weighted by molar-refractivity contribution is 7.09. The summed E-state index contributed by atoms with van der Waals surface area (Å²) in [6.07, 6.45) is 0. The molecular formula is C20H20F2N2O2S. The summed E-state index contributed by atoms with van der Waals surface area (Å²) >= 11 is 1.51. The number of nitrogens with zero attached hydrogens (tertiary/aromatic N) is 2. The maximum atomic E-state index is 13.8. The van der Waals surface area contributed by atoms with Crippen molar-refractivity contribution in [2.24, 2.45) is 0 Å². The van der Waals surface area contributed by atoms with Crippen LogP contribution in [0.1, 0.15) is 16.3 Å². The predicted octanol–water partition coefficient (Wildman–Crippen LogP) is 4.64. The van der Waals surface area contributed by atoms with Crippen LogP contribution in [0, 0.1) is 11.6 Å². The van der Waals surface area contributed by atoms with Crippen LogP contribution in [-0.4, -0.2) is 24.0 Å². The first kappa shape index (κ1) is 19.3. The van der Waals surface area contributed by atoms with Crippen molar-refractivity contribution in [3.63, 3.8) is 0 Å². The van der Waals surface area contributed by atoms with Gasteiger partial charge in [-0.2, -0.15) is 0 Å². The SMILES string of the molecule is COc1ccc(CN(C)Cc2csc(COc3ccc(F)cc3)n2)cc1F. The molecule has 0 aliphatic heterocycles. The van der Waals surface area contributed by atoms with Crippen molar-refractivity contribution in [2.45, 2.75) is 19.7 Å². The van der Waals surface area contributed by atoms with Crippen molar-refractivity contribution in [3.8, 4) is 11.5 Å². The monoisotopic (exact) mass is 390 g/mol. The maximum absolute atomic E-state index is 13.8. The van der Waals surface area contributed by atoms with Gasteiger partial charge in [0.2, 0.25) is 0 Å². The molecule has 0 spiro atoms. The molecule has 2 aromatic carbocycles. The summed E-state index contributed by atoms with van der Waals surface area (Å²) in [4.78, 5) is 6.61. The topological polar surface area (TPSA) is 34.6 Å². The zero-order chi connectivity index (χ0) is 19.2. The average molecular weight is 390 g/mol. The Morgan fingerprint density at radius 2 is 1.85 bits per heavy atom. The summed E-state index contributed by atoms with van der Waals surface area (Å²) in [6.45, 7) is 1.57. The van der Waals surface area contributed by atoms with Crippen LogP contribution >= 0.6 is 11.3 Å². The summed E-state index contributed by atoms with van der Waals surface area (Å²) < 4.78 is 37.2. The van der Waals surface area contributed by atoms with Gasteiger partial charge >= 0.3 is 0 Å². The van der Waals surface area contributed by atoms with Crippen LogP contribution < -0.4 is 9.47 Å². The molecule has 0 amide bonds. The van der Waals surface area contributed by atoms with Gasteiger partial charge < -0.3 is 9.47 Å². The minimum Gasteiger partial charge on any atom is -0.494 e. The van der Waals surface area contributed by atoms with Gasteiger partial charge in [0.05, 0.1) is 12.8 Å². The van der Waals surface area contributed by atoms with Gasteiger partial charge in [-0.15, -0.1) is 11.3 Å². The van der Waals surface area contributed by atoms with Crippen LogP contribution in [-0.2, 0) is 19.7 Å². The number of rotatable bonds is 8. The molecule has 0 aliphatic rings. The Kier molecular flexibility index (Phi) is 6.36. The van der Waals surface area contributed by atoms with E-state index in [0.717, 1.165) is 16.3 Å². The Hall–Kier alpha value is -2.51. The molecule has 0 atom stereocenters. The molecule has 1 aromatic heterocycles. The molecule has 0 saturated heterocycles. The molecule has 3 rings (SSSR count). The van der Waals surface area contributed by atoms with Crippen molar-refractivity contribution in [2.75, 3.05) is 14.2 Å². The molecule has 0 saturated carbocycles. The highest BCUT2D eigenvalue weighted by Crippen LogP contribution is 2.20. The third-order valence-corrected chi connectivity index (χ3v) is 4.75. The lowest BCUT2D eigenvalue weighted by Gasteiger charge is -2.15. The lowest BCUT2D eigenvalue weighted by Crippen LogP contribution is -2.17. The molecule has 0 N–H and O–H groups in total. The molecule has 27 heavy (non-hydrogen) atoms. The van der Waals surface area contributed by atoms with E-state index in [4.69, 9.17) is 9.47 Å². The molecule has 7 heteroatoms. The van der Waals surface area contributed by atoms with E-state index in [2.05, 4.69) is 9.88 Å². The van der Waals surface area contributed by atoms with E-state index >= 15 is 0 Å². The third-order valence-electron chi connectivity index (χ3n) is 3.88. The number of benzene rings is 2. The van der Waals surface area contributed by atoms with E-state index in [0.29, 0.717) is 25.4 Å². The van der Waals surface area contributed by atoms with Crippen LogP contribution in [0.3, 0.4) is 0 Å². The fraction of sp³-hybridized carbons (Fsp3) is 0.250. The van der Waals surface area contributed by atoms with Gasteiger partial charge in [0.25, 0.3) is 0 Å². The van der Waals surface area contributed by atoms with Gasteiger partial charge in [-0.05, 0) is 49.0 Å². The first-order valence-corrected chi connectivity index (χ1v) is 9.24. The number of hydrogen-bond acceptors (Lipinski definition) is 5. The van der Waals surface area contributed by atoms with E-state index in [1.165, 1.54) is 36.6 Å². The minimum absolute atomic E-state index is 0.242. The molecule has 1 heterocycles. The van der Waals surface area contributed by atoms with Crippen LogP contribution in [0.2, 0.25) is 0 Å². The highest BCUT2D eigenvalue weighted by atomic mass is 32.1. The molecular weight excluding hydrogens is 370 g/mol. The molecule has 142 valence electrons. The number of thiazole rings is 1. The maximum Gasteiger partial charge on any atom is 0.165 e. The quantitative estimate of drug-likeness (QED) is 0.561. The zero-order valence-corrected chi connectivity index (χ0v) is 15.9. The number of ether oxygens (including phenoxy) is 2. The van der Waals surface area contributed by atoms with Crippen LogP contribution in [0.15, 0.2) is 47.8 Å². The van der Waals surface area contributed by atoms with Gasteiger partial charge in [0, 0.05) is 18.5 Å². The van der Waals surface area contributed by atoms with Gasteiger partial charge in [-0.3, -0.25) is 4.90 Å². The number of methoxy groups -OCH3 is 1. The number of aromatic nitrogens is 1. The molecule has 3 aromatic rings. The lowest BCUT2D eigenvalue weighted by atomic mass is 10.2. The van der Waals surface area contributed by atoms with E-state index in [1.807, 2.05) is 18.5 Å². The molecule has 0 aliphatic carbocycles. The van der Waals surface area contributed by atoms with Gasteiger partial charge in [0.15, 0.2) is 11.6 Å². The van der Waals surface area contributed by atoms with Gasteiger partial charge in [-0.1, -0.05) is 6.07 Å². The standard InChI is InChI=1S/C20H20F2N2O2S/c1-24(10-14-3-8-19(25-2)18(22)9-14)11-16-13-27-20(23-16)12-26-17-6-4-15(21)5-7-17/h3-9,13H,10-12H2,1-2H3. The highest BCUT2D eigenvalue weighted by Gasteiger charge is 2.09. The molecule has 0 unspecified atom stereocenters. The number of hydrogen-bond donors (Lipinski definition) is 0. The van der Waals surface area contributed by atoms with Crippen molar-refractivity contribution in [1.29, 1.82) is 0 Å². The van der Waals surface area contributed by atoms with E-state index in [-0.39, 0.29) is 17.4 Å². The third kappa shape index (κ3) is 5.48. The summed E-state index contributed by atoms with van der Waals surface area (Å²) in [5, 5.41) is 2.83. The summed E-state index contributed by atoms with van der Waals surface area (Å²) in [7, 11) is 3.40. The average Bonchev–Trinajstić information content (AvgIpc) is 3.08. The summed E-state index contributed by atoms with van der Waals surface area (Å²) in [5.74, 6) is 0.189. The van der Waals surface area contributed by atoms with E-state index < -0.39 is 0 Å². The molecule has 0 fully saturated rings.